The second-order valence-electron chi connectivity index (χ2n) is 5.33. The van der Waals surface area contributed by atoms with E-state index < -0.39 is 0 Å². The Kier molecular flexibility index (Phi) is 3.48. The van der Waals surface area contributed by atoms with E-state index in [1.165, 1.54) is 4.90 Å². The number of benzene rings is 1. The fourth-order valence-electron chi connectivity index (χ4n) is 1.79. The van der Waals surface area contributed by atoms with Gasteiger partial charge in [0, 0.05) is 10.5 Å². The molecular weight excluding hydrogens is 230 g/mol. The van der Waals surface area contributed by atoms with Gasteiger partial charge in [-0.05, 0) is 23.8 Å². The SMILES string of the molecule is CSc1ccccc1C1=N[C@@H](C(C)(C)C)CO1. The lowest BCUT2D eigenvalue weighted by Crippen LogP contribution is -2.25. The molecule has 92 valence electrons. The van der Waals surface area contributed by atoms with Crippen molar-refractivity contribution in [2.45, 2.75) is 31.7 Å². The van der Waals surface area contributed by atoms with Crippen molar-refractivity contribution in [3.05, 3.63) is 29.8 Å². The van der Waals surface area contributed by atoms with Gasteiger partial charge in [-0.2, -0.15) is 0 Å². The predicted octanol–water partition coefficient (Wildman–Crippen LogP) is 3.60. The maximum Gasteiger partial charge on any atom is 0.217 e. The maximum atomic E-state index is 5.76. The first kappa shape index (κ1) is 12.5. The van der Waals surface area contributed by atoms with E-state index in [9.17, 15) is 0 Å². The van der Waals surface area contributed by atoms with Gasteiger partial charge < -0.3 is 4.74 Å². The van der Waals surface area contributed by atoms with Crippen LogP contribution in [0.3, 0.4) is 0 Å². The molecule has 0 aliphatic carbocycles. The average molecular weight is 249 g/mol. The van der Waals surface area contributed by atoms with E-state index in [1.54, 1.807) is 11.8 Å². The van der Waals surface area contributed by atoms with E-state index in [1.807, 2.05) is 12.1 Å². The normalized spacial score (nSPS) is 20.0. The molecule has 1 aliphatic rings. The molecule has 3 heteroatoms. The number of ether oxygens (including phenoxy) is 1. The second-order valence-corrected chi connectivity index (χ2v) is 6.18. The summed E-state index contributed by atoms with van der Waals surface area (Å²) in [5, 5.41) is 0. The zero-order valence-electron chi connectivity index (χ0n) is 10.9. The van der Waals surface area contributed by atoms with Gasteiger partial charge in [0.1, 0.15) is 6.61 Å². The highest BCUT2D eigenvalue weighted by Crippen LogP contribution is 2.29. The van der Waals surface area contributed by atoms with Gasteiger partial charge >= 0.3 is 0 Å². The summed E-state index contributed by atoms with van der Waals surface area (Å²) in [6.07, 6.45) is 2.08. The monoisotopic (exact) mass is 249 g/mol. The summed E-state index contributed by atoms with van der Waals surface area (Å²) >= 11 is 1.73. The largest absolute Gasteiger partial charge is 0.475 e. The number of hydrogen-bond acceptors (Lipinski definition) is 3. The van der Waals surface area contributed by atoms with Crippen LogP contribution in [0.4, 0.5) is 0 Å². The number of aliphatic imine (C=N–C) groups is 1. The van der Waals surface area contributed by atoms with Crippen molar-refractivity contribution in [2.24, 2.45) is 10.4 Å². The molecular formula is C14H19NOS. The minimum atomic E-state index is 0.163. The van der Waals surface area contributed by atoms with Crippen LogP contribution in [-0.4, -0.2) is 24.8 Å². The lowest BCUT2D eigenvalue weighted by atomic mass is 9.88. The van der Waals surface area contributed by atoms with E-state index in [0.29, 0.717) is 6.61 Å². The summed E-state index contributed by atoms with van der Waals surface area (Å²) < 4.78 is 5.76. The molecule has 0 radical (unpaired) electrons. The van der Waals surface area contributed by atoms with Gasteiger partial charge in [0.25, 0.3) is 0 Å². The molecule has 2 rings (SSSR count). The lowest BCUT2D eigenvalue weighted by molar-refractivity contribution is 0.235. The summed E-state index contributed by atoms with van der Waals surface area (Å²) in [7, 11) is 0. The highest BCUT2D eigenvalue weighted by molar-refractivity contribution is 7.98. The quantitative estimate of drug-likeness (QED) is 0.747. The van der Waals surface area contributed by atoms with Gasteiger partial charge in [-0.15, -0.1) is 11.8 Å². The van der Waals surface area contributed by atoms with Crippen LogP contribution < -0.4 is 0 Å². The van der Waals surface area contributed by atoms with Gasteiger partial charge in [-0.1, -0.05) is 32.9 Å². The molecule has 0 spiro atoms. The summed E-state index contributed by atoms with van der Waals surface area (Å²) in [6.45, 7) is 7.30. The summed E-state index contributed by atoms with van der Waals surface area (Å²) in [5.74, 6) is 0.801. The van der Waals surface area contributed by atoms with E-state index in [0.717, 1.165) is 11.5 Å². The number of hydrogen-bond donors (Lipinski definition) is 0. The van der Waals surface area contributed by atoms with Crippen LogP contribution >= 0.6 is 11.8 Å². The van der Waals surface area contributed by atoms with Crippen molar-refractivity contribution < 1.29 is 4.74 Å². The molecule has 1 heterocycles. The Morgan fingerprint density at radius 2 is 2.00 bits per heavy atom. The topological polar surface area (TPSA) is 21.6 Å². The first-order valence-corrected chi connectivity index (χ1v) is 7.09. The Morgan fingerprint density at radius 1 is 1.29 bits per heavy atom. The lowest BCUT2D eigenvalue weighted by Gasteiger charge is -2.21. The summed E-state index contributed by atoms with van der Waals surface area (Å²) in [4.78, 5) is 5.94. The van der Waals surface area contributed by atoms with Gasteiger partial charge in [-0.25, -0.2) is 4.99 Å². The molecule has 1 aliphatic heterocycles. The van der Waals surface area contributed by atoms with Crippen molar-refractivity contribution >= 4 is 17.7 Å². The van der Waals surface area contributed by atoms with E-state index in [4.69, 9.17) is 9.73 Å². The summed E-state index contributed by atoms with van der Waals surface area (Å²) in [6, 6.07) is 8.52. The van der Waals surface area contributed by atoms with Crippen molar-refractivity contribution in [3.8, 4) is 0 Å². The number of thioether (sulfide) groups is 1. The average Bonchev–Trinajstić information content (AvgIpc) is 2.77. The smallest absolute Gasteiger partial charge is 0.217 e. The zero-order chi connectivity index (χ0) is 12.5. The molecule has 0 aromatic heterocycles. The Labute approximate surface area is 107 Å². The summed E-state index contributed by atoms with van der Waals surface area (Å²) in [5.41, 5.74) is 1.28. The first-order valence-electron chi connectivity index (χ1n) is 5.86. The van der Waals surface area contributed by atoms with Crippen LogP contribution in [0.15, 0.2) is 34.2 Å². The Bertz CT molecular complexity index is 434. The standard InChI is InChI=1S/C14H19NOS/c1-14(2,3)12-9-16-13(15-12)10-7-5-6-8-11(10)17-4/h5-8,12H,9H2,1-4H3/t12-/m1/s1. The van der Waals surface area contributed by atoms with Gasteiger partial charge in [0.15, 0.2) is 0 Å². The molecule has 0 saturated carbocycles. The van der Waals surface area contributed by atoms with Crippen molar-refractivity contribution in [1.82, 2.24) is 0 Å². The molecule has 0 saturated heterocycles. The molecule has 1 aromatic rings. The van der Waals surface area contributed by atoms with E-state index >= 15 is 0 Å². The predicted molar refractivity (Wildman–Crippen MR) is 74.0 cm³/mol. The van der Waals surface area contributed by atoms with Crippen molar-refractivity contribution in [2.75, 3.05) is 12.9 Å². The molecule has 0 unspecified atom stereocenters. The molecule has 0 N–H and O–H groups in total. The first-order chi connectivity index (χ1) is 8.02. The Balaban J connectivity index is 2.30. The third kappa shape index (κ3) is 2.65. The van der Waals surface area contributed by atoms with Crippen molar-refractivity contribution in [3.63, 3.8) is 0 Å². The molecule has 0 amide bonds. The van der Waals surface area contributed by atoms with Crippen LogP contribution in [0.5, 0.6) is 0 Å². The minimum absolute atomic E-state index is 0.163. The number of nitrogens with zero attached hydrogens (tertiary/aromatic N) is 1. The second kappa shape index (κ2) is 4.73. The van der Waals surface area contributed by atoms with Gasteiger partial charge in [-0.3, -0.25) is 0 Å². The molecule has 1 aromatic carbocycles. The highest BCUT2D eigenvalue weighted by atomic mass is 32.2. The third-order valence-corrected chi connectivity index (χ3v) is 3.78. The Morgan fingerprint density at radius 3 is 2.59 bits per heavy atom. The van der Waals surface area contributed by atoms with E-state index in [2.05, 4.69) is 39.2 Å². The Hall–Kier alpha value is -0.960. The fraction of sp³-hybridized carbons (Fsp3) is 0.500. The number of rotatable bonds is 2. The van der Waals surface area contributed by atoms with Gasteiger partial charge in [0.2, 0.25) is 5.90 Å². The van der Waals surface area contributed by atoms with Crippen LogP contribution in [0.2, 0.25) is 0 Å². The van der Waals surface area contributed by atoms with Crippen LogP contribution in [-0.2, 0) is 4.74 Å². The van der Waals surface area contributed by atoms with Gasteiger partial charge in [0.05, 0.1) is 6.04 Å². The van der Waals surface area contributed by atoms with Crippen LogP contribution in [0, 0.1) is 5.41 Å². The highest BCUT2D eigenvalue weighted by Gasteiger charge is 2.31. The molecule has 0 fully saturated rings. The molecule has 0 bridgehead atoms. The van der Waals surface area contributed by atoms with Crippen LogP contribution in [0.25, 0.3) is 0 Å². The fourth-order valence-corrected chi connectivity index (χ4v) is 2.38. The minimum Gasteiger partial charge on any atom is -0.475 e. The molecule has 2 nitrogen and oxygen atoms in total. The maximum absolute atomic E-state index is 5.76. The third-order valence-electron chi connectivity index (χ3n) is 2.99. The molecule has 17 heavy (non-hydrogen) atoms. The zero-order valence-corrected chi connectivity index (χ0v) is 11.7. The van der Waals surface area contributed by atoms with Crippen LogP contribution in [0.1, 0.15) is 26.3 Å². The molecule has 1 atom stereocenters. The van der Waals surface area contributed by atoms with E-state index in [-0.39, 0.29) is 11.5 Å². The van der Waals surface area contributed by atoms with Crippen molar-refractivity contribution in [1.29, 1.82) is 0 Å².